The quantitative estimate of drug-likeness (QED) is 0.512. The Kier molecular flexibility index (Phi) is 5.67. The topological polar surface area (TPSA) is 45.2 Å². The normalized spacial score (nSPS) is 12.2. The van der Waals surface area contributed by atoms with Crippen LogP contribution in [0, 0.1) is 0 Å². The van der Waals surface area contributed by atoms with E-state index in [9.17, 15) is 18.3 Å². The third kappa shape index (κ3) is 4.48. The zero-order valence-electron chi connectivity index (χ0n) is 15.3. The largest absolute Gasteiger partial charge is 0.506 e. The second kappa shape index (κ2) is 7.85. The highest BCUT2D eigenvalue weighted by atomic mass is 32.2. The molecule has 0 amide bonds. The number of alkyl halides is 3. The zero-order valence-corrected chi connectivity index (χ0v) is 16.1. The number of aromatic nitrogens is 1. The summed E-state index contributed by atoms with van der Waals surface area (Å²) in [7, 11) is 0. The van der Waals surface area contributed by atoms with Crippen molar-refractivity contribution in [3.8, 4) is 16.9 Å². The first-order valence-electron chi connectivity index (χ1n) is 8.52. The number of hydrogen-bond donors (Lipinski definition) is 2. The lowest BCUT2D eigenvalue weighted by atomic mass is 9.92. The fourth-order valence-electron chi connectivity index (χ4n) is 2.74. The van der Waals surface area contributed by atoms with E-state index in [1.54, 1.807) is 18.3 Å². The van der Waals surface area contributed by atoms with Gasteiger partial charge in [0, 0.05) is 22.2 Å². The molecule has 146 valence electrons. The number of halogens is 3. The van der Waals surface area contributed by atoms with Gasteiger partial charge in [0.2, 0.25) is 0 Å². The molecule has 0 spiro atoms. The average Bonchev–Trinajstić information content (AvgIpc) is 2.66. The van der Waals surface area contributed by atoms with Crippen molar-refractivity contribution in [1.82, 2.24) is 9.71 Å². The summed E-state index contributed by atoms with van der Waals surface area (Å²) in [6, 6.07) is 14.7. The smallest absolute Gasteiger partial charge is 0.417 e. The van der Waals surface area contributed by atoms with Crippen LogP contribution in [0.5, 0.6) is 5.75 Å². The van der Waals surface area contributed by atoms with E-state index in [0.717, 1.165) is 29.1 Å². The van der Waals surface area contributed by atoms with Gasteiger partial charge < -0.3 is 5.11 Å². The standard InChI is InChI=1S/C21H19F3N2OS/c1-20(2,26-28-19-9-4-3-8-17(19)21(22,23)24)15-7-5-6-14(12-15)16-10-11-25-13-18(16)27/h3-13,26-27H,1-2H3. The van der Waals surface area contributed by atoms with E-state index in [0.29, 0.717) is 5.56 Å². The lowest BCUT2D eigenvalue weighted by molar-refractivity contribution is -0.139. The Morgan fingerprint density at radius 2 is 1.75 bits per heavy atom. The molecular formula is C21H19F3N2OS. The second-order valence-corrected chi connectivity index (χ2v) is 7.64. The van der Waals surface area contributed by atoms with Crippen LogP contribution in [0.1, 0.15) is 25.0 Å². The summed E-state index contributed by atoms with van der Waals surface area (Å²) in [4.78, 5) is 3.99. The molecule has 0 radical (unpaired) electrons. The number of nitrogens with one attached hydrogen (secondary N) is 1. The average molecular weight is 404 g/mol. The van der Waals surface area contributed by atoms with Gasteiger partial charge >= 0.3 is 6.18 Å². The van der Waals surface area contributed by atoms with E-state index in [4.69, 9.17) is 0 Å². The van der Waals surface area contributed by atoms with Gasteiger partial charge in [-0.3, -0.25) is 4.98 Å². The Morgan fingerprint density at radius 3 is 2.46 bits per heavy atom. The first kappa shape index (κ1) is 20.2. The fourth-order valence-corrected chi connectivity index (χ4v) is 3.66. The molecule has 3 aromatic rings. The SMILES string of the molecule is CC(C)(NSc1ccccc1C(F)(F)F)c1cccc(-c2ccncc2O)c1. The molecule has 0 bridgehead atoms. The van der Waals surface area contributed by atoms with Gasteiger partial charge in [-0.2, -0.15) is 13.2 Å². The van der Waals surface area contributed by atoms with Crippen molar-refractivity contribution in [3.63, 3.8) is 0 Å². The van der Waals surface area contributed by atoms with Gasteiger partial charge in [0.05, 0.1) is 11.8 Å². The third-order valence-corrected chi connectivity index (χ3v) is 5.49. The Hall–Kier alpha value is -2.51. The molecule has 0 aliphatic heterocycles. The molecule has 0 saturated heterocycles. The van der Waals surface area contributed by atoms with Crippen LogP contribution >= 0.6 is 11.9 Å². The van der Waals surface area contributed by atoms with Gasteiger partial charge in [0.25, 0.3) is 0 Å². The Balaban J connectivity index is 1.85. The van der Waals surface area contributed by atoms with Crippen LogP contribution in [-0.2, 0) is 11.7 Å². The molecule has 7 heteroatoms. The van der Waals surface area contributed by atoms with Crippen molar-refractivity contribution in [2.75, 3.05) is 0 Å². The van der Waals surface area contributed by atoms with Crippen molar-refractivity contribution in [1.29, 1.82) is 0 Å². The summed E-state index contributed by atoms with van der Waals surface area (Å²) in [6.45, 7) is 3.78. The molecule has 2 N–H and O–H groups in total. The lowest BCUT2D eigenvalue weighted by Crippen LogP contribution is -2.31. The van der Waals surface area contributed by atoms with E-state index >= 15 is 0 Å². The maximum Gasteiger partial charge on any atom is 0.417 e. The number of aromatic hydroxyl groups is 1. The van der Waals surface area contributed by atoms with Gasteiger partial charge in [0.15, 0.2) is 0 Å². The van der Waals surface area contributed by atoms with Crippen molar-refractivity contribution >= 4 is 11.9 Å². The van der Waals surface area contributed by atoms with E-state index in [2.05, 4.69) is 9.71 Å². The van der Waals surface area contributed by atoms with Crippen LogP contribution in [0.2, 0.25) is 0 Å². The van der Waals surface area contributed by atoms with Gasteiger partial charge in [-0.05, 0) is 61.2 Å². The minimum atomic E-state index is -4.41. The third-order valence-electron chi connectivity index (χ3n) is 4.30. The van der Waals surface area contributed by atoms with Gasteiger partial charge in [0.1, 0.15) is 5.75 Å². The number of hydrogen-bond acceptors (Lipinski definition) is 4. The van der Waals surface area contributed by atoms with Crippen LogP contribution in [-0.4, -0.2) is 10.1 Å². The van der Waals surface area contributed by atoms with E-state index in [1.807, 2.05) is 38.1 Å². The van der Waals surface area contributed by atoms with E-state index in [-0.39, 0.29) is 10.6 Å². The summed E-state index contributed by atoms with van der Waals surface area (Å²) >= 11 is 0.951. The van der Waals surface area contributed by atoms with E-state index in [1.165, 1.54) is 18.3 Å². The predicted molar refractivity (Wildman–Crippen MR) is 105 cm³/mol. The molecule has 0 fully saturated rings. The van der Waals surface area contributed by atoms with Crippen molar-refractivity contribution < 1.29 is 18.3 Å². The second-order valence-electron chi connectivity index (χ2n) is 6.80. The monoisotopic (exact) mass is 404 g/mol. The molecule has 1 heterocycles. The molecule has 28 heavy (non-hydrogen) atoms. The van der Waals surface area contributed by atoms with Gasteiger partial charge in [-0.15, -0.1) is 0 Å². The Morgan fingerprint density at radius 1 is 1.00 bits per heavy atom. The van der Waals surface area contributed by atoms with Crippen molar-refractivity contribution in [2.24, 2.45) is 0 Å². The van der Waals surface area contributed by atoms with Crippen LogP contribution in [0.3, 0.4) is 0 Å². The molecule has 2 aromatic carbocycles. The molecular weight excluding hydrogens is 385 g/mol. The molecule has 3 rings (SSSR count). The maximum absolute atomic E-state index is 13.2. The summed E-state index contributed by atoms with van der Waals surface area (Å²) in [5.74, 6) is 0.0684. The first-order chi connectivity index (χ1) is 13.2. The molecule has 0 aliphatic carbocycles. The zero-order chi connectivity index (χ0) is 20.4. The number of benzene rings is 2. The van der Waals surface area contributed by atoms with Crippen LogP contribution in [0.15, 0.2) is 71.9 Å². The summed E-state index contributed by atoms with van der Waals surface area (Å²) < 4.78 is 42.7. The molecule has 1 aromatic heterocycles. The minimum Gasteiger partial charge on any atom is -0.506 e. The predicted octanol–water partition coefficient (Wildman–Crippen LogP) is 6.01. The minimum absolute atomic E-state index is 0.0684. The number of pyridine rings is 1. The van der Waals surface area contributed by atoms with Crippen LogP contribution < -0.4 is 4.72 Å². The first-order valence-corrected chi connectivity index (χ1v) is 9.34. The molecule has 0 unspecified atom stereocenters. The summed E-state index contributed by atoms with van der Waals surface area (Å²) in [5, 5.41) is 10.0. The molecule has 0 saturated carbocycles. The molecule has 3 nitrogen and oxygen atoms in total. The Labute approximate surface area is 165 Å². The molecule has 0 atom stereocenters. The van der Waals surface area contributed by atoms with Crippen molar-refractivity contribution in [2.45, 2.75) is 30.5 Å². The van der Waals surface area contributed by atoms with Crippen LogP contribution in [0.4, 0.5) is 13.2 Å². The summed E-state index contributed by atoms with van der Waals surface area (Å²) in [5.41, 5.74) is 1.02. The number of nitrogens with zero attached hydrogens (tertiary/aromatic N) is 1. The highest BCUT2D eigenvalue weighted by Crippen LogP contribution is 2.37. The number of rotatable bonds is 5. The lowest BCUT2D eigenvalue weighted by Gasteiger charge is -2.27. The van der Waals surface area contributed by atoms with Gasteiger partial charge in [-0.25, -0.2) is 4.72 Å². The van der Waals surface area contributed by atoms with Crippen molar-refractivity contribution in [3.05, 3.63) is 78.1 Å². The Bertz CT molecular complexity index is 974. The fraction of sp³-hybridized carbons (Fsp3) is 0.190. The highest BCUT2D eigenvalue weighted by Gasteiger charge is 2.33. The van der Waals surface area contributed by atoms with E-state index < -0.39 is 17.3 Å². The van der Waals surface area contributed by atoms with Crippen LogP contribution in [0.25, 0.3) is 11.1 Å². The van der Waals surface area contributed by atoms with Gasteiger partial charge in [-0.1, -0.05) is 30.3 Å². The summed E-state index contributed by atoms with van der Waals surface area (Å²) in [6.07, 6.45) is -1.45. The highest BCUT2D eigenvalue weighted by molar-refractivity contribution is 7.97. The maximum atomic E-state index is 13.2. The molecule has 0 aliphatic rings.